The van der Waals surface area contributed by atoms with Crippen molar-refractivity contribution in [2.45, 2.75) is 18.9 Å². The van der Waals surface area contributed by atoms with Crippen LogP contribution in [0.4, 0.5) is 4.39 Å². The Morgan fingerprint density at radius 2 is 2.29 bits per heavy atom. The molecule has 0 spiro atoms. The van der Waals surface area contributed by atoms with Crippen LogP contribution in [-0.4, -0.2) is 29.8 Å². The molecule has 1 saturated heterocycles. The van der Waals surface area contributed by atoms with Crippen molar-refractivity contribution in [3.63, 3.8) is 0 Å². The highest BCUT2D eigenvalue weighted by atomic mass is 19.1. The van der Waals surface area contributed by atoms with Crippen molar-refractivity contribution >= 4 is 5.97 Å². The van der Waals surface area contributed by atoms with Gasteiger partial charge in [-0.15, -0.1) is 0 Å². The quantitative estimate of drug-likeness (QED) is 0.832. The lowest BCUT2D eigenvalue weighted by atomic mass is 9.92. The number of aliphatic carboxylic acids is 1. The molecular weight excluding hydrogens is 225 g/mol. The third-order valence-electron chi connectivity index (χ3n) is 2.85. The van der Waals surface area contributed by atoms with Crippen molar-refractivity contribution in [1.29, 1.82) is 0 Å². The molecule has 1 aliphatic rings. The average molecular weight is 239 g/mol. The van der Waals surface area contributed by atoms with E-state index in [1.807, 2.05) is 0 Å². The van der Waals surface area contributed by atoms with Gasteiger partial charge in [-0.3, -0.25) is 4.79 Å². The molecule has 0 unspecified atom stereocenters. The summed E-state index contributed by atoms with van der Waals surface area (Å²) in [6.07, 6.45) is -0.0878. The molecule has 2 rings (SSSR count). The van der Waals surface area contributed by atoms with E-state index in [0.29, 0.717) is 24.4 Å². The number of hydrogen-bond donors (Lipinski definition) is 2. The molecule has 0 aromatic heterocycles. The Labute approximate surface area is 98.4 Å². The Kier molecular flexibility index (Phi) is 3.02. The van der Waals surface area contributed by atoms with Gasteiger partial charge in [-0.25, -0.2) is 4.39 Å². The van der Waals surface area contributed by atoms with Gasteiger partial charge in [0.15, 0.2) is 0 Å². The van der Waals surface area contributed by atoms with E-state index in [4.69, 9.17) is 9.84 Å². The summed E-state index contributed by atoms with van der Waals surface area (Å²) < 4.78 is 18.9. The van der Waals surface area contributed by atoms with Crippen LogP contribution in [0.3, 0.4) is 0 Å². The van der Waals surface area contributed by atoms with Crippen LogP contribution in [-0.2, 0) is 4.79 Å². The zero-order valence-electron chi connectivity index (χ0n) is 9.50. The van der Waals surface area contributed by atoms with Crippen molar-refractivity contribution in [3.8, 4) is 5.75 Å². The first-order valence-corrected chi connectivity index (χ1v) is 5.38. The van der Waals surface area contributed by atoms with Crippen LogP contribution in [0.15, 0.2) is 18.2 Å². The zero-order chi connectivity index (χ0) is 12.5. The van der Waals surface area contributed by atoms with E-state index in [-0.39, 0.29) is 12.2 Å². The molecule has 1 aromatic rings. The van der Waals surface area contributed by atoms with E-state index in [0.717, 1.165) is 0 Å². The SMILES string of the molecule is Cc1ccc(OC2(CC(=O)O)CNC2)cc1F. The molecule has 0 bridgehead atoms. The number of benzene rings is 1. The van der Waals surface area contributed by atoms with Crippen molar-refractivity contribution < 1.29 is 19.0 Å². The first-order valence-electron chi connectivity index (χ1n) is 5.38. The molecule has 4 nitrogen and oxygen atoms in total. The van der Waals surface area contributed by atoms with E-state index < -0.39 is 11.6 Å². The molecule has 0 aliphatic carbocycles. The summed E-state index contributed by atoms with van der Waals surface area (Å²) in [4.78, 5) is 10.7. The molecule has 1 aromatic carbocycles. The largest absolute Gasteiger partial charge is 0.484 e. The fourth-order valence-electron chi connectivity index (χ4n) is 1.80. The molecule has 1 heterocycles. The number of rotatable bonds is 4. The fraction of sp³-hybridized carbons (Fsp3) is 0.417. The Morgan fingerprint density at radius 3 is 2.76 bits per heavy atom. The second kappa shape index (κ2) is 4.33. The number of aryl methyl sites for hydroxylation is 1. The van der Waals surface area contributed by atoms with Gasteiger partial charge in [-0.2, -0.15) is 0 Å². The van der Waals surface area contributed by atoms with Gasteiger partial charge in [0.25, 0.3) is 0 Å². The van der Waals surface area contributed by atoms with Crippen molar-refractivity contribution in [2.24, 2.45) is 0 Å². The number of hydrogen-bond acceptors (Lipinski definition) is 3. The minimum atomic E-state index is -0.918. The molecule has 17 heavy (non-hydrogen) atoms. The zero-order valence-corrected chi connectivity index (χ0v) is 9.50. The Bertz CT molecular complexity index is 443. The van der Waals surface area contributed by atoms with Crippen molar-refractivity contribution in [1.82, 2.24) is 5.32 Å². The van der Waals surface area contributed by atoms with Crippen LogP contribution in [0.2, 0.25) is 0 Å². The van der Waals surface area contributed by atoms with Gasteiger partial charge in [0.05, 0.1) is 6.42 Å². The third kappa shape index (κ3) is 2.55. The van der Waals surface area contributed by atoms with Crippen LogP contribution in [0.5, 0.6) is 5.75 Å². The van der Waals surface area contributed by atoms with E-state index in [9.17, 15) is 9.18 Å². The maximum atomic E-state index is 13.3. The summed E-state index contributed by atoms with van der Waals surface area (Å²) >= 11 is 0. The Morgan fingerprint density at radius 1 is 1.59 bits per heavy atom. The Balaban J connectivity index is 2.13. The molecule has 92 valence electrons. The fourth-order valence-corrected chi connectivity index (χ4v) is 1.80. The van der Waals surface area contributed by atoms with Gasteiger partial charge in [-0.1, -0.05) is 6.07 Å². The van der Waals surface area contributed by atoms with E-state index >= 15 is 0 Å². The lowest BCUT2D eigenvalue weighted by Crippen LogP contribution is -2.64. The van der Waals surface area contributed by atoms with Crippen molar-refractivity contribution in [2.75, 3.05) is 13.1 Å². The third-order valence-corrected chi connectivity index (χ3v) is 2.85. The second-order valence-electron chi connectivity index (χ2n) is 4.37. The van der Waals surface area contributed by atoms with Gasteiger partial charge in [0, 0.05) is 19.2 Å². The van der Waals surface area contributed by atoms with Gasteiger partial charge < -0.3 is 15.2 Å². The summed E-state index contributed by atoms with van der Waals surface area (Å²) in [5.74, 6) is -0.893. The van der Waals surface area contributed by atoms with E-state index in [1.54, 1.807) is 19.1 Å². The Hall–Kier alpha value is -1.62. The lowest BCUT2D eigenvalue weighted by molar-refractivity contribution is -0.143. The number of carboxylic acids is 1. The first kappa shape index (κ1) is 11.9. The molecule has 0 atom stereocenters. The second-order valence-corrected chi connectivity index (χ2v) is 4.37. The molecule has 1 aliphatic heterocycles. The predicted molar refractivity (Wildman–Crippen MR) is 59.6 cm³/mol. The molecule has 0 saturated carbocycles. The van der Waals surface area contributed by atoms with Gasteiger partial charge in [0.1, 0.15) is 17.2 Å². The minimum Gasteiger partial charge on any atom is -0.484 e. The maximum Gasteiger partial charge on any atom is 0.307 e. The van der Waals surface area contributed by atoms with Crippen LogP contribution in [0.1, 0.15) is 12.0 Å². The first-order chi connectivity index (χ1) is 8.01. The minimum absolute atomic E-state index is 0.0878. The summed E-state index contributed by atoms with van der Waals surface area (Å²) in [7, 11) is 0. The molecule has 1 fully saturated rings. The smallest absolute Gasteiger partial charge is 0.307 e. The molecular formula is C12H14FNO3. The van der Waals surface area contributed by atoms with Crippen LogP contribution in [0, 0.1) is 12.7 Å². The maximum absolute atomic E-state index is 13.3. The number of nitrogens with one attached hydrogen (secondary N) is 1. The van der Waals surface area contributed by atoms with Crippen LogP contribution >= 0.6 is 0 Å². The summed E-state index contributed by atoms with van der Waals surface area (Å²) in [5.41, 5.74) is -0.204. The molecule has 0 radical (unpaired) electrons. The summed E-state index contributed by atoms with van der Waals surface area (Å²) in [6.45, 7) is 2.60. The van der Waals surface area contributed by atoms with Gasteiger partial charge in [0.2, 0.25) is 0 Å². The number of halogens is 1. The number of carboxylic acid groups (broad SMARTS) is 1. The van der Waals surface area contributed by atoms with E-state index in [1.165, 1.54) is 6.07 Å². The van der Waals surface area contributed by atoms with Gasteiger partial charge in [-0.05, 0) is 18.6 Å². The van der Waals surface area contributed by atoms with Gasteiger partial charge >= 0.3 is 5.97 Å². The standard InChI is InChI=1S/C12H14FNO3/c1-8-2-3-9(4-10(8)13)17-12(5-11(15)16)6-14-7-12/h2-4,14H,5-7H2,1H3,(H,15,16). The molecule has 2 N–H and O–H groups in total. The number of carbonyl (C=O) groups is 1. The van der Waals surface area contributed by atoms with Crippen LogP contribution in [0.25, 0.3) is 0 Å². The number of ether oxygens (including phenoxy) is 1. The average Bonchev–Trinajstić information content (AvgIpc) is 2.19. The predicted octanol–water partition coefficient (Wildman–Crippen LogP) is 1.33. The highest BCUT2D eigenvalue weighted by Gasteiger charge is 2.41. The van der Waals surface area contributed by atoms with Crippen molar-refractivity contribution in [3.05, 3.63) is 29.6 Å². The van der Waals surface area contributed by atoms with E-state index in [2.05, 4.69) is 5.32 Å². The highest BCUT2D eigenvalue weighted by molar-refractivity contribution is 5.68. The normalized spacial score (nSPS) is 17.3. The molecule has 5 heteroatoms. The topological polar surface area (TPSA) is 58.6 Å². The lowest BCUT2D eigenvalue weighted by Gasteiger charge is -2.41. The monoisotopic (exact) mass is 239 g/mol. The summed E-state index contributed by atoms with van der Waals surface area (Å²) in [6, 6.07) is 4.56. The highest BCUT2D eigenvalue weighted by Crippen LogP contribution is 2.26. The van der Waals surface area contributed by atoms with Crippen LogP contribution < -0.4 is 10.1 Å². The summed E-state index contributed by atoms with van der Waals surface area (Å²) in [5, 5.41) is 11.8. The molecule has 0 amide bonds.